The average molecular weight is 336 g/mol. The Balaban J connectivity index is 1.69. The molecule has 1 amide bonds. The number of benzene rings is 1. The molecular weight excluding hydrogens is 312 g/mol. The molecule has 2 rings (SSSR count). The van der Waals surface area contributed by atoms with Crippen molar-refractivity contribution in [2.24, 2.45) is 0 Å². The molecule has 0 radical (unpaired) electrons. The van der Waals surface area contributed by atoms with Crippen LogP contribution in [0, 0.1) is 0 Å². The number of ether oxygens (including phenoxy) is 2. The quantitative estimate of drug-likeness (QED) is 0.747. The van der Waals surface area contributed by atoms with Gasteiger partial charge in [0.2, 0.25) is 0 Å². The summed E-state index contributed by atoms with van der Waals surface area (Å²) in [5.41, 5.74) is 0.854. The molecule has 0 spiro atoms. The van der Waals surface area contributed by atoms with Crippen LogP contribution in [0.4, 0.5) is 4.79 Å². The fourth-order valence-electron chi connectivity index (χ4n) is 2.51. The molecule has 7 heteroatoms. The second kappa shape index (κ2) is 9.89. The summed E-state index contributed by atoms with van der Waals surface area (Å²) in [6.07, 6.45) is 0.348. The van der Waals surface area contributed by atoms with Gasteiger partial charge in [-0.05, 0) is 24.9 Å². The number of alkyl carbamates (subject to hydrolysis) is 1. The van der Waals surface area contributed by atoms with E-state index in [4.69, 9.17) is 9.47 Å². The van der Waals surface area contributed by atoms with Crippen LogP contribution in [0.5, 0.6) is 0 Å². The first-order chi connectivity index (χ1) is 11.6. The van der Waals surface area contributed by atoms with Crippen LogP contribution < -0.4 is 5.32 Å². The van der Waals surface area contributed by atoms with Gasteiger partial charge in [-0.25, -0.2) is 9.59 Å². The number of rotatable bonds is 8. The van der Waals surface area contributed by atoms with Gasteiger partial charge < -0.3 is 19.9 Å². The predicted molar refractivity (Wildman–Crippen MR) is 87.7 cm³/mol. The maximum absolute atomic E-state index is 11.8. The highest BCUT2D eigenvalue weighted by Crippen LogP contribution is 2.05. The van der Waals surface area contributed by atoms with Crippen LogP contribution in [0.3, 0.4) is 0 Å². The van der Waals surface area contributed by atoms with Gasteiger partial charge in [0.15, 0.2) is 0 Å². The molecule has 1 aromatic carbocycles. The van der Waals surface area contributed by atoms with E-state index in [0.717, 1.165) is 25.2 Å². The molecule has 1 atom stereocenters. The summed E-state index contributed by atoms with van der Waals surface area (Å²) in [4.78, 5) is 25.3. The van der Waals surface area contributed by atoms with E-state index in [9.17, 15) is 14.7 Å². The first kappa shape index (κ1) is 18.2. The molecule has 0 bridgehead atoms. The number of carbonyl (C=O) groups excluding carboxylic acids is 1. The lowest BCUT2D eigenvalue weighted by molar-refractivity contribution is -0.139. The Morgan fingerprint density at radius 3 is 2.62 bits per heavy atom. The van der Waals surface area contributed by atoms with Gasteiger partial charge in [0.1, 0.15) is 12.6 Å². The number of carbonyl (C=O) groups is 2. The monoisotopic (exact) mass is 336 g/mol. The van der Waals surface area contributed by atoms with Gasteiger partial charge in [0.05, 0.1) is 13.2 Å². The third kappa shape index (κ3) is 6.55. The lowest BCUT2D eigenvalue weighted by Crippen LogP contribution is -2.42. The molecule has 7 nitrogen and oxygen atoms in total. The van der Waals surface area contributed by atoms with Crippen LogP contribution in [0.25, 0.3) is 0 Å². The maximum Gasteiger partial charge on any atom is 0.408 e. The molecule has 1 heterocycles. The Kier molecular flexibility index (Phi) is 7.51. The first-order valence-electron chi connectivity index (χ1n) is 8.15. The Labute approximate surface area is 141 Å². The van der Waals surface area contributed by atoms with Crippen molar-refractivity contribution in [2.75, 3.05) is 32.8 Å². The molecule has 1 fully saturated rings. The molecule has 1 aliphatic heterocycles. The van der Waals surface area contributed by atoms with Crippen molar-refractivity contribution in [1.82, 2.24) is 10.2 Å². The standard InChI is InChI=1S/C17H24N2O5/c20-16(21)15(7-4-8-19-9-11-23-12-10-19)18-17(22)24-13-14-5-2-1-3-6-14/h1-3,5-6,15H,4,7-13H2,(H,18,22)(H,20,21)/t15-/m0/s1. The molecule has 132 valence electrons. The third-order valence-electron chi connectivity index (χ3n) is 3.87. The van der Waals surface area contributed by atoms with Gasteiger partial charge in [0.25, 0.3) is 0 Å². The summed E-state index contributed by atoms with van der Waals surface area (Å²) >= 11 is 0. The van der Waals surface area contributed by atoms with Gasteiger partial charge in [-0.15, -0.1) is 0 Å². The molecule has 1 aromatic rings. The van der Waals surface area contributed by atoms with E-state index < -0.39 is 18.1 Å². The summed E-state index contributed by atoms with van der Waals surface area (Å²) < 4.78 is 10.3. The van der Waals surface area contributed by atoms with Crippen LogP contribution in [0.2, 0.25) is 0 Å². The van der Waals surface area contributed by atoms with Crippen molar-refractivity contribution in [3.05, 3.63) is 35.9 Å². The lowest BCUT2D eigenvalue weighted by atomic mass is 10.1. The van der Waals surface area contributed by atoms with Crippen molar-refractivity contribution >= 4 is 12.1 Å². The zero-order valence-electron chi connectivity index (χ0n) is 13.6. The van der Waals surface area contributed by atoms with Crippen molar-refractivity contribution in [1.29, 1.82) is 0 Å². The summed E-state index contributed by atoms with van der Waals surface area (Å²) in [6, 6.07) is 8.31. The number of amides is 1. The van der Waals surface area contributed by atoms with E-state index in [-0.39, 0.29) is 6.61 Å². The zero-order chi connectivity index (χ0) is 17.2. The number of aliphatic carboxylic acids is 1. The Hall–Kier alpha value is -2.12. The normalized spacial score (nSPS) is 16.3. The second-order valence-electron chi connectivity index (χ2n) is 5.69. The van der Waals surface area contributed by atoms with Crippen molar-refractivity contribution in [3.8, 4) is 0 Å². The SMILES string of the molecule is O=C(N[C@@H](CCCN1CCOCC1)C(=O)O)OCc1ccccc1. The highest BCUT2D eigenvalue weighted by molar-refractivity contribution is 5.79. The van der Waals surface area contributed by atoms with Gasteiger partial charge >= 0.3 is 12.1 Å². The van der Waals surface area contributed by atoms with Crippen LogP contribution >= 0.6 is 0 Å². The minimum Gasteiger partial charge on any atom is -0.480 e. The predicted octanol–water partition coefficient (Wildman–Crippen LogP) is 1.48. The molecule has 1 aliphatic rings. The van der Waals surface area contributed by atoms with E-state index in [1.165, 1.54) is 0 Å². The topological polar surface area (TPSA) is 88.1 Å². The van der Waals surface area contributed by atoms with E-state index in [0.29, 0.717) is 26.1 Å². The highest BCUT2D eigenvalue weighted by atomic mass is 16.5. The van der Waals surface area contributed by atoms with Crippen molar-refractivity contribution < 1.29 is 24.2 Å². The van der Waals surface area contributed by atoms with Gasteiger partial charge in [-0.2, -0.15) is 0 Å². The van der Waals surface area contributed by atoms with Crippen LogP contribution in [0.15, 0.2) is 30.3 Å². The van der Waals surface area contributed by atoms with Crippen LogP contribution in [-0.4, -0.2) is 61.0 Å². The third-order valence-corrected chi connectivity index (χ3v) is 3.87. The van der Waals surface area contributed by atoms with Gasteiger partial charge in [-0.1, -0.05) is 30.3 Å². The van der Waals surface area contributed by atoms with E-state index in [2.05, 4.69) is 10.2 Å². The fraction of sp³-hybridized carbons (Fsp3) is 0.529. The number of nitrogens with zero attached hydrogens (tertiary/aromatic N) is 1. The minimum atomic E-state index is -1.05. The fourth-order valence-corrected chi connectivity index (χ4v) is 2.51. The summed E-state index contributed by atoms with van der Waals surface area (Å²) in [7, 11) is 0. The molecule has 24 heavy (non-hydrogen) atoms. The molecule has 2 N–H and O–H groups in total. The largest absolute Gasteiger partial charge is 0.480 e. The Morgan fingerprint density at radius 2 is 1.96 bits per heavy atom. The first-order valence-corrected chi connectivity index (χ1v) is 8.15. The van der Waals surface area contributed by atoms with Crippen molar-refractivity contribution in [2.45, 2.75) is 25.5 Å². The van der Waals surface area contributed by atoms with E-state index in [1.807, 2.05) is 30.3 Å². The summed E-state index contributed by atoms with van der Waals surface area (Å²) in [5.74, 6) is -1.05. The molecule has 0 unspecified atom stereocenters. The van der Waals surface area contributed by atoms with Crippen LogP contribution in [0.1, 0.15) is 18.4 Å². The second-order valence-corrected chi connectivity index (χ2v) is 5.69. The Morgan fingerprint density at radius 1 is 1.25 bits per heavy atom. The summed E-state index contributed by atoms with van der Waals surface area (Å²) in [6.45, 7) is 4.08. The number of nitrogens with one attached hydrogen (secondary N) is 1. The smallest absolute Gasteiger partial charge is 0.408 e. The van der Waals surface area contributed by atoms with Gasteiger partial charge in [-0.3, -0.25) is 4.90 Å². The van der Waals surface area contributed by atoms with Crippen LogP contribution in [-0.2, 0) is 20.9 Å². The lowest BCUT2D eigenvalue weighted by Gasteiger charge is -2.26. The number of hydrogen-bond acceptors (Lipinski definition) is 5. The summed E-state index contributed by atoms with van der Waals surface area (Å²) in [5, 5.41) is 11.7. The maximum atomic E-state index is 11.8. The average Bonchev–Trinajstić information content (AvgIpc) is 2.61. The van der Waals surface area contributed by atoms with Gasteiger partial charge in [0, 0.05) is 13.1 Å². The molecule has 0 aromatic heterocycles. The molecule has 0 saturated carbocycles. The number of carboxylic acids is 1. The number of hydrogen-bond donors (Lipinski definition) is 2. The highest BCUT2D eigenvalue weighted by Gasteiger charge is 2.21. The molecular formula is C17H24N2O5. The van der Waals surface area contributed by atoms with E-state index >= 15 is 0 Å². The molecule has 0 aliphatic carbocycles. The van der Waals surface area contributed by atoms with E-state index in [1.54, 1.807) is 0 Å². The number of carboxylic acid groups (broad SMARTS) is 1. The zero-order valence-corrected chi connectivity index (χ0v) is 13.6. The minimum absolute atomic E-state index is 0.118. The number of morpholine rings is 1. The molecule has 1 saturated heterocycles. The Bertz CT molecular complexity index is 517. The van der Waals surface area contributed by atoms with Crippen molar-refractivity contribution in [3.63, 3.8) is 0 Å².